The van der Waals surface area contributed by atoms with Crippen molar-refractivity contribution in [2.75, 3.05) is 5.32 Å². The summed E-state index contributed by atoms with van der Waals surface area (Å²) in [5.74, 6) is 1.39. The second-order valence-electron chi connectivity index (χ2n) is 6.11. The van der Waals surface area contributed by atoms with Crippen molar-refractivity contribution in [2.24, 2.45) is 0 Å². The Hall–Kier alpha value is -3.09. The number of nitrogens with zero attached hydrogens (tertiary/aromatic N) is 2. The van der Waals surface area contributed by atoms with Crippen molar-refractivity contribution < 1.29 is 9.21 Å². The van der Waals surface area contributed by atoms with Crippen LogP contribution in [0.25, 0.3) is 11.5 Å². The van der Waals surface area contributed by atoms with E-state index in [2.05, 4.69) is 15.5 Å². The van der Waals surface area contributed by atoms with Crippen LogP contribution in [-0.4, -0.2) is 16.1 Å². The van der Waals surface area contributed by atoms with Crippen LogP contribution in [0.5, 0.6) is 0 Å². The minimum atomic E-state index is -0.240. The van der Waals surface area contributed by atoms with Crippen LogP contribution in [0.2, 0.25) is 5.02 Å². The van der Waals surface area contributed by atoms with E-state index in [9.17, 15) is 4.79 Å². The molecule has 0 aliphatic rings. The highest BCUT2D eigenvalue weighted by molar-refractivity contribution is 7.98. The number of aromatic nitrogens is 2. The minimum Gasteiger partial charge on any atom is -0.420 e. The van der Waals surface area contributed by atoms with E-state index in [-0.39, 0.29) is 5.91 Å². The zero-order valence-electron chi connectivity index (χ0n) is 15.2. The zero-order valence-corrected chi connectivity index (χ0v) is 16.8. The predicted octanol–water partition coefficient (Wildman–Crippen LogP) is 5.93. The van der Waals surface area contributed by atoms with E-state index in [0.717, 1.165) is 10.5 Å². The fourth-order valence-corrected chi connectivity index (χ4v) is 3.59. The first-order valence-corrected chi connectivity index (χ1v) is 10.2. The van der Waals surface area contributed by atoms with E-state index in [1.165, 1.54) is 0 Å². The van der Waals surface area contributed by atoms with Crippen molar-refractivity contribution in [1.29, 1.82) is 0 Å². The number of rotatable bonds is 6. The van der Waals surface area contributed by atoms with Crippen LogP contribution in [-0.2, 0) is 5.75 Å². The number of hydrogen-bond acceptors (Lipinski definition) is 5. The lowest BCUT2D eigenvalue weighted by molar-refractivity contribution is 0.102. The van der Waals surface area contributed by atoms with Crippen molar-refractivity contribution in [3.63, 3.8) is 0 Å². The third kappa shape index (κ3) is 4.85. The molecule has 5 nitrogen and oxygen atoms in total. The molecule has 0 bridgehead atoms. The molecule has 0 saturated carbocycles. The third-order valence-corrected chi connectivity index (χ3v) is 5.41. The molecule has 0 saturated heterocycles. The van der Waals surface area contributed by atoms with Gasteiger partial charge in [-0.05, 0) is 48.5 Å². The summed E-state index contributed by atoms with van der Waals surface area (Å²) in [7, 11) is 0. The number of benzene rings is 3. The molecule has 4 rings (SSSR count). The molecule has 7 heteroatoms. The van der Waals surface area contributed by atoms with Crippen molar-refractivity contribution in [3.05, 3.63) is 95.3 Å². The van der Waals surface area contributed by atoms with Crippen molar-refractivity contribution in [3.8, 4) is 11.5 Å². The van der Waals surface area contributed by atoms with Gasteiger partial charge in [-0.25, -0.2) is 0 Å². The molecule has 0 radical (unpaired) electrons. The summed E-state index contributed by atoms with van der Waals surface area (Å²) in [4.78, 5) is 13.3. The van der Waals surface area contributed by atoms with Gasteiger partial charge in [0.15, 0.2) is 0 Å². The molecule has 1 amide bonds. The molecule has 1 heterocycles. The SMILES string of the molecule is O=C(Nc1ccc(SCc2nnc(-c3ccccc3)o2)cc1)c1ccccc1Cl. The highest BCUT2D eigenvalue weighted by Gasteiger charge is 2.11. The van der Waals surface area contributed by atoms with Crippen LogP contribution in [0.15, 0.2) is 88.2 Å². The summed E-state index contributed by atoms with van der Waals surface area (Å²) in [5, 5.41) is 11.5. The number of carbonyl (C=O) groups excluding carboxylic acids is 1. The molecule has 0 aliphatic heterocycles. The fourth-order valence-electron chi connectivity index (χ4n) is 2.63. The summed E-state index contributed by atoms with van der Waals surface area (Å²) >= 11 is 7.65. The molecule has 3 aromatic carbocycles. The number of amides is 1. The van der Waals surface area contributed by atoms with Gasteiger partial charge in [0.1, 0.15) is 0 Å². The number of anilines is 1. The van der Waals surface area contributed by atoms with Gasteiger partial charge >= 0.3 is 0 Å². The average molecular weight is 422 g/mol. The first kappa shape index (κ1) is 19.2. The number of halogens is 1. The van der Waals surface area contributed by atoms with Gasteiger partial charge in [0.2, 0.25) is 11.8 Å². The number of nitrogens with one attached hydrogen (secondary N) is 1. The molecule has 0 aliphatic carbocycles. The molecule has 29 heavy (non-hydrogen) atoms. The summed E-state index contributed by atoms with van der Waals surface area (Å²) in [5.41, 5.74) is 2.04. The molecular weight excluding hydrogens is 406 g/mol. The normalized spacial score (nSPS) is 10.7. The molecule has 0 atom stereocenters. The van der Waals surface area contributed by atoms with Crippen LogP contribution in [0.4, 0.5) is 5.69 Å². The quantitative estimate of drug-likeness (QED) is 0.390. The van der Waals surface area contributed by atoms with Crippen molar-refractivity contribution >= 4 is 35.0 Å². The van der Waals surface area contributed by atoms with Crippen LogP contribution < -0.4 is 5.32 Å². The lowest BCUT2D eigenvalue weighted by atomic mass is 10.2. The Kier molecular flexibility index (Phi) is 5.93. The third-order valence-electron chi connectivity index (χ3n) is 4.08. The molecular formula is C22H16ClN3O2S. The molecule has 0 fully saturated rings. The smallest absolute Gasteiger partial charge is 0.257 e. The van der Waals surface area contributed by atoms with E-state index in [1.807, 2.05) is 54.6 Å². The van der Waals surface area contributed by atoms with E-state index in [0.29, 0.717) is 33.8 Å². The van der Waals surface area contributed by atoms with Crippen LogP contribution in [0.3, 0.4) is 0 Å². The van der Waals surface area contributed by atoms with Crippen molar-refractivity contribution in [2.45, 2.75) is 10.6 Å². The number of thioether (sulfide) groups is 1. The highest BCUT2D eigenvalue weighted by Crippen LogP contribution is 2.26. The molecule has 1 aromatic heterocycles. The second-order valence-corrected chi connectivity index (χ2v) is 7.57. The summed E-state index contributed by atoms with van der Waals surface area (Å²) in [6.45, 7) is 0. The maximum atomic E-state index is 12.3. The van der Waals surface area contributed by atoms with Gasteiger partial charge < -0.3 is 9.73 Å². The van der Waals surface area contributed by atoms with Gasteiger partial charge in [0, 0.05) is 16.1 Å². The Morgan fingerprint density at radius 3 is 2.41 bits per heavy atom. The van der Waals surface area contributed by atoms with E-state index < -0.39 is 0 Å². The molecule has 1 N–H and O–H groups in total. The molecule has 4 aromatic rings. The van der Waals surface area contributed by atoms with Crippen LogP contribution in [0.1, 0.15) is 16.2 Å². The highest BCUT2D eigenvalue weighted by atomic mass is 35.5. The molecule has 0 unspecified atom stereocenters. The maximum absolute atomic E-state index is 12.3. The first-order chi connectivity index (χ1) is 14.2. The van der Waals surface area contributed by atoms with E-state index in [1.54, 1.807) is 36.0 Å². The lowest BCUT2D eigenvalue weighted by Gasteiger charge is -2.07. The maximum Gasteiger partial charge on any atom is 0.257 e. The summed E-state index contributed by atoms with van der Waals surface area (Å²) < 4.78 is 5.72. The monoisotopic (exact) mass is 421 g/mol. The molecule has 0 spiro atoms. The van der Waals surface area contributed by atoms with Gasteiger partial charge in [-0.2, -0.15) is 0 Å². The number of hydrogen-bond donors (Lipinski definition) is 1. The van der Waals surface area contributed by atoms with Gasteiger partial charge in [-0.1, -0.05) is 41.9 Å². The van der Waals surface area contributed by atoms with Gasteiger partial charge in [0.25, 0.3) is 5.91 Å². The zero-order chi connectivity index (χ0) is 20.1. The topological polar surface area (TPSA) is 68.0 Å². The Labute approximate surface area is 177 Å². The fraction of sp³-hybridized carbons (Fsp3) is 0.0455. The second kappa shape index (κ2) is 8.94. The Balaban J connectivity index is 1.35. The standard InChI is InChI=1S/C22H16ClN3O2S/c23-19-9-5-4-8-18(19)21(27)24-16-10-12-17(13-11-16)29-14-20-25-26-22(28-20)15-6-2-1-3-7-15/h1-13H,14H2,(H,24,27). The number of carbonyl (C=O) groups is 1. The van der Waals surface area contributed by atoms with Gasteiger partial charge in [0.05, 0.1) is 16.3 Å². The Morgan fingerprint density at radius 2 is 1.66 bits per heavy atom. The lowest BCUT2D eigenvalue weighted by Crippen LogP contribution is -2.12. The van der Waals surface area contributed by atoms with Gasteiger partial charge in [-0.3, -0.25) is 4.79 Å². The Bertz CT molecular complexity index is 1110. The predicted molar refractivity (Wildman–Crippen MR) is 115 cm³/mol. The molecule has 144 valence electrons. The Morgan fingerprint density at radius 1 is 0.931 bits per heavy atom. The van der Waals surface area contributed by atoms with Crippen LogP contribution >= 0.6 is 23.4 Å². The first-order valence-electron chi connectivity index (χ1n) is 8.85. The average Bonchev–Trinajstić information content (AvgIpc) is 3.23. The largest absolute Gasteiger partial charge is 0.420 e. The minimum absolute atomic E-state index is 0.240. The summed E-state index contributed by atoms with van der Waals surface area (Å²) in [6.07, 6.45) is 0. The van der Waals surface area contributed by atoms with Crippen LogP contribution in [0, 0.1) is 0 Å². The summed E-state index contributed by atoms with van der Waals surface area (Å²) in [6, 6.07) is 24.2. The van der Waals surface area contributed by atoms with E-state index in [4.69, 9.17) is 16.0 Å². The van der Waals surface area contributed by atoms with Crippen molar-refractivity contribution in [1.82, 2.24) is 10.2 Å². The van der Waals surface area contributed by atoms with Gasteiger partial charge in [-0.15, -0.1) is 22.0 Å². The van der Waals surface area contributed by atoms with E-state index >= 15 is 0 Å².